The summed E-state index contributed by atoms with van der Waals surface area (Å²) < 4.78 is 15.2. The van der Waals surface area contributed by atoms with E-state index in [0.717, 1.165) is 23.8 Å². The number of halogens is 1. The Morgan fingerprint density at radius 3 is 2.04 bits per heavy atom. The van der Waals surface area contributed by atoms with Crippen molar-refractivity contribution in [1.82, 2.24) is 0 Å². The maximum atomic E-state index is 15.2. The van der Waals surface area contributed by atoms with Gasteiger partial charge in [0.1, 0.15) is 5.82 Å². The number of hydrogen-bond donors (Lipinski definition) is 2. The van der Waals surface area contributed by atoms with Crippen LogP contribution in [0.4, 0.5) is 4.39 Å². The van der Waals surface area contributed by atoms with Gasteiger partial charge >= 0.3 is 5.97 Å². The lowest BCUT2D eigenvalue weighted by Crippen LogP contribution is -2.61. The number of rotatable bonds is 3. The van der Waals surface area contributed by atoms with Crippen molar-refractivity contribution in [2.24, 2.45) is 51.2 Å². The zero-order valence-corrected chi connectivity index (χ0v) is 31.7. The summed E-state index contributed by atoms with van der Waals surface area (Å²) in [6.07, 6.45) is 32.3. The Hall–Kier alpha value is -2.82. The smallest absolute Gasteiger partial charge is 0.335 e. The van der Waals surface area contributed by atoms with Crippen molar-refractivity contribution in [3.8, 4) is 25.7 Å². The van der Waals surface area contributed by atoms with Crippen molar-refractivity contribution in [2.75, 3.05) is 6.61 Å². The van der Waals surface area contributed by atoms with E-state index in [2.05, 4.69) is 66.0 Å². The minimum Gasteiger partial charge on any atom is -0.478 e. The maximum Gasteiger partial charge on any atom is 0.335 e. The van der Waals surface area contributed by atoms with E-state index in [9.17, 15) is 15.0 Å². The minimum absolute atomic E-state index is 0.00505. The van der Waals surface area contributed by atoms with Gasteiger partial charge in [0, 0.05) is 12.2 Å². The fraction of sp³-hybridized carbons (Fsp3) is 0.659. The highest BCUT2D eigenvalue weighted by Gasteiger charge is 2.65. The number of allylic oxidation sites excluding steroid dienone is 3. The number of aliphatic hydroxyl groups excluding tert-OH is 1. The lowest BCUT2D eigenvalue weighted by molar-refractivity contribution is -0.181. The summed E-state index contributed by atoms with van der Waals surface area (Å²) in [5.74, 6) is 1.88. The molecule has 4 saturated carbocycles. The van der Waals surface area contributed by atoms with Gasteiger partial charge in [-0.05, 0) is 134 Å². The summed E-state index contributed by atoms with van der Waals surface area (Å²) in [4.78, 5) is 11.4. The van der Waals surface area contributed by atoms with Crippen molar-refractivity contribution in [3.05, 3.63) is 53.9 Å². The van der Waals surface area contributed by atoms with E-state index in [4.69, 9.17) is 0 Å². The van der Waals surface area contributed by atoms with Crippen molar-refractivity contribution >= 4 is 11.5 Å². The Morgan fingerprint density at radius 1 is 0.896 bits per heavy atom. The molecule has 6 rings (SSSR count). The van der Waals surface area contributed by atoms with Crippen LogP contribution in [0.5, 0.6) is 0 Å². The summed E-state index contributed by atoms with van der Waals surface area (Å²) in [5, 5.41) is 19.7. The standard InChI is InChI=1S/C33H45FO3.C3H6.2C2H6.2C2H2/c1-30(2)23(22-8-7-20(29(36)37)18-26(22)34)11-15-32(4)27(30)13-16-31(3)24-12-17-33(19-35)14-5-6-25(33)21(24)9-10-28(31)32;1-3-2;4*1-2/h7-8,11,18,21,24-25,27-28,35H,5-6,9-10,12-17,19H2,1-4H3,(H,36,37);3H,1H2,2H3;2*1-2H3;2*1-2H/t21-,24?,25?,27?,28?,31-,32-,33+;;;;;/m0...../s1. The topological polar surface area (TPSA) is 57.5 Å². The number of benzene rings is 1. The van der Waals surface area contributed by atoms with Crippen LogP contribution in [-0.4, -0.2) is 22.8 Å². The van der Waals surface area contributed by atoms with Crippen molar-refractivity contribution < 1.29 is 19.4 Å². The first kappa shape index (κ1) is 43.2. The van der Waals surface area contributed by atoms with E-state index in [1.165, 1.54) is 63.9 Å². The summed E-state index contributed by atoms with van der Waals surface area (Å²) in [6, 6.07) is 4.41. The molecule has 0 spiro atoms. The number of carboxylic acid groups (broad SMARTS) is 1. The second-order valence-corrected chi connectivity index (χ2v) is 15.0. The largest absolute Gasteiger partial charge is 0.478 e. The summed E-state index contributed by atoms with van der Waals surface area (Å²) >= 11 is 0. The molecule has 4 heteroatoms. The molecule has 268 valence electrons. The Labute approximate surface area is 294 Å². The molecule has 3 nitrogen and oxygen atoms in total. The summed E-state index contributed by atoms with van der Waals surface area (Å²) in [7, 11) is 0. The second kappa shape index (κ2) is 18.3. The average Bonchev–Trinajstić information content (AvgIpc) is 3.54. The number of hydrogen-bond acceptors (Lipinski definition) is 2. The van der Waals surface area contributed by atoms with E-state index in [1.807, 2.05) is 34.6 Å². The molecule has 4 fully saturated rings. The zero-order valence-electron chi connectivity index (χ0n) is 31.7. The van der Waals surface area contributed by atoms with Gasteiger partial charge in [-0.1, -0.05) is 80.0 Å². The number of terminal acetylenes is 2. The molecular formula is C44H67FO3. The van der Waals surface area contributed by atoms with Crippen molar-refractivity contribution in [2.45, 2.75) is 127 Å². The first-order valence-corrected chi connectivity index (χ1v) is 18.5. The monoisotopic (exact) mass is 663 g/mol. The van der Waals surface area contributed by atoms with E-state index < -0.39 is 11.8 Å². The van der Waals surface area contributed by atoms with Gasteiger partial charge in [-0.3, -0.25) is 0 Å². The van der Waals surface area contributed by atoms with Crippen molar-refractivity contribution in [1.29, 1.82) is 0 Å². The van der Waals surface area contributed by atoms with Gasteiger partial charge in [0.25, 0.3) is 0 Å². The van der Waals surface area contributed by atoms with E-state index in [1.54, 1.807) is 18.2 Å². The van der Waals surface area contributed by atoms with Gasteiger partial charge in [-0.15, -0.1) is 32.3 Å². The minimum atomic E-state index is -1.09. The van der Waals surface area contributed by atoms with E-state index in [-0.39, 0.29) is 21.8 Å². The molecule has 0 saturated heterocycles. The maximum absolute atomic E-state index is 15.2. The van der Waals surface area contributed by atoms with Crippen LogP contribution in [0.3, 0.4) is 0 Å². The van der Waals surface area contributed by atoms with Crippen LogP contribution in [0.25, 0.3) is 5.57 Å². The lowest BCUT2D eigenvalue weighted by atomic mass is 9.36. The molecule has 5 aliphatic carbocycles. The van der Waals surface area contributed by atoms with Crippen LogP contribution in [0.15, 0.2) is 36.9 Å². The van der Waals surface area contributed by atoms with Gasteiger partial charge in [0.15, 0.2) is 0 Å². The Bertz CT molecular complexity index is 1270. The van der Waals surface area contributed by atoms with Gasteiger partial charge in [0.05, 0.1) is 5.56 Å². The molecule has 1 aromatic rings. The third-order valence-electron chi connectivity index (χ3n) is 13.1. The van der Waals surface area contributed by atoms with Gasteiger partial charge in [-0.25, -0.2) is 9.18 Å². The number of fused-ring (bicyclic) bond motifs is 7. The average molecular weight is 663 g/mol. The summed E-state index contributed by atoms with van der Waals surface area (Å²) in [6.45, 7) is 23.4. The predicted octanol–water partition coefficient (Wildman–Crippen LogP) is 11.7. The van der Waals surface area contributed by atoms with Gasteiger partial charge in [0.2, 0.25) is 0 Å². The molecule has 1 aromatic carbocycles. The lowest BCUT2D eigenvalue weighted by Gasteiger charge is -2.68. The predicted molar refractivity (Wildman–Crippen MR) is 203 cm³/mol. The van der Waals surface area contributed by atoms with Crippen molar-refractivity contribution in [3.63, 3.8) is 0 Å². The SMILES string of the molecule is C#C.C#C.C=CC.CC.CC.CC1(C)C(c2ccc(C(=O)O)cc2F)=CC[C@@]2(C)C1CC[C@@]1(C)C3CC[C@@]4(CO)CCCC4[C@H]3CCC12. The van der Waals surface area contributed by atoms with Crippen LogP contribution < -0.4 is 0 Å². The Kier molecular flexibility index (Phi) is 16.4. The molecule has 0 aromatic heterocycles. The van der Waals surface area contributed by atoms with Crippen LogP contribution in [0.1, 0.15) is 142 Å². The molecule has 0 heterocycles. The highest BCUT2D eigenvalue weighted by Crippen LogP contribution is 2.73. The van der Waals surface area contributed by atoms with Crippen LogP contribution >= 0.6 is 0 Å². The van der Waals surface area contributed by atoms with Crippen LogP contribution in [0, 0.1) is 82.8 Å². The number of carbonyl (C=O) groups is 1. The third-order valence-corrected chi connectivity index (χ3v) is 13.1. The van der Waals surface area contributed by atoms with Gasteiger partial charge in [-0.2, -0.15) is 0 Å². The molecule has 5 aliphatic rings. The Morgan fingerprint density at radius 2 is 1.50 bits per heavy atom. The molecule has 4 unspecified atom stereocenters. The molecule has 48 heavy (non-hydrogen) atoms. The quantitative estimate of drug-likeness (QED) is 0.250. The normalized spacial score (nSPS) is 34.6. The van der Waals surface area contributed by atoms with E-state index >= 15 is 4.39 Å². The first-order valence-electron chi connectivity index (χ1n) is 18.5. The Balaban J connectivity index is 0.000000948. The third kappa shape index (κ3) is 7.50. The number of carboxylic acids is 1. The molecule has 0 radical (unpaired) electrons. The van der Waals surface area contributed by atoms with Crippen LogP contribution in [0.2, 0.25) is 0 Å². The molecule has 8 atom stereocenters. The molecular weight excluding hydrogens is 595 g/mol. The highest BCUT2D eigenvalue weighted by atomic mass is 19.1. The summed E-state index contributed by atoms with van der Waals surface area (Å²) in [5.41, 5.74) is 2.18. The van der Waals surface area contributed by atoms with Crippen LogP contribution in [-0.2, 0) is 0 Å². The fourth-order valence-electron chi connectivity index (χ4n) is 11.6. The van der Waals surface area contributed by atoms with Gasteiger partial charge < -0.3 is 10.2 Å². The van der Waals surface area contributed by atoms with E-state index in [0.29, 0.717) is 35.3 Å². The fourth-order valence-corrected chi connectivity index (χ4v) is 11.6. The molecule has 0 amide bonds. The molecule has 2 N–H and O–H groups in total. The molecule has 0 bridgehead atoms. The second-order valence-electron chi connectivity index (χ2n) is 15.0. The number of aromatic carboxylic acids is 1. The number of aliphatic hydroxyl groups is 1. The first-order chi connectivity index (χ1) is 22.9. The highest BCUT2D eigenvalue weighted by molar-refractivity contribution is 5.88. The molecule has 0 aliphatic heterocycles. The zero-order chi connectivity index (χ0) is 37.1.